The summed E-state index contributed by atoms with van der Waals surface area (Å²) in [5.41, 5.74) is 1.60. The summed E-state index contributed by atoms with van der Waals surface area (Å²) >= 11 is 0. The van der Waals surface area contributed by atoms with Crippen LogP contribution in [0.5, 0.6) is 5.75 Å². The molecule has 1 atom stereocenters. The van der Waals surface area contributed by atoms with E-state index in [-0.39, 0.29) is 18.9 Å². The predicted octanol–water partition coefficient (Wildman–Crippen LogP) is 1.30. The molecule has 1 aromatic heterocycles. The average molecular weight is 320 g/mol. The quantitative estimate of drug-likeness (QED) is 0.761. The van der Waals surface area contributed by atoms with E-state index in [0.717, 1.165) is 11.3 Å². The topological polar surface area (TPSA) is 93.8 Å². The molecule has 0 saturated carbocycles. The highest BCUT2D eigenvalue weighted by atomic mass is 16.5. The molecule has 0 aliphatic heterocycles. The Morgan fingerprint density at radius 2 is 2.13 bits per heavy atom. The van der Waals surface area contributed by atoms with E-state index in [0.29, 0.717) is 12.3 Å². The van der Waals surface area contributed by atoms with Crippen LogP contribution in [-0.2, 0) is 11.3 Å². The monoisotopic (exact) mass is 320 g/mol. The van der Waals surface area contributed by atoms with E-state index in [4.69, 9.17) is 14.0 Å². The fourth-order valence-electron chi connectivity index (χ4n) is 1.86. The number of hydrogen-bond donors (Lipinski definition) is 2. The second kappa shape index (κ2) is 8.30. The number of hydrogen-bond acceptors (Lipinski definition) is 6. The van der Waals surface area contributed by atoms with Crippen LogP contribution in [0.4, 0.5) is 0 Å². The maximum Gasteiger partial charge on any atom is 0.289 e. The summed E-state index contributed by atoms with van der Waals surface area (Å²) in [7, 11) is 1.61. The number of amides is 1. The van der Waals surface area contributed by atoms with Crippen LogP contribution in [0, 0.1) is 6.92 Å². The number of carbonyl (C=O) groups excluding carboxylic acids is 1. The van der Waals surface area contributed by atoms with E-state index in [1.54, 1.807) is 14.0 Å². The summed E-state index contributed by atoms with van der Waals surface area (Å²) in [6, 6.07) is 8.99. The fraction of sp³-hybridized carbons (Fsp3) is 0.375. The van der Waals surface area contributed by atoms with E-state index in [1.807, 2.05) is 24.3 Å². The molecule has 23 heavy (non-hydrogen) atoms. The van der Waals surface area contributed by atoms with Gasteiger partial charge in [-0.05, 0) is 24.6 Å². The minimum atomic E-state index is -0.804. The Kier molecular flexibility index (Phi) is 6.13. The molecule has 0 fully saturated rings. The molecular formula is C16H20N2O5. The van der Waals surface area contributed by atoms with Crippen molar-refractivity contribution in [1.82, 2.24) is 10.5 Å². The molecule has 2 N–H and O–H groups in total. The van der Waals surface area contributed by atoms with Gasteiger partial charge in [-0.1, -0.05) is 17.3 Å². The fourth-order valence-corrected chi connectivity index (χ4v) is 1.86. The molecule has 1 amide bonds. The summed E-state index contributed by atoms with van der Waals surface area (Å²) in [6.07, 6.45) is -0.804. The molecule has 1 aromatic carbocycles. The van der Waals surface area contributed by atoms with Crippen LogP contribution in [0.25, 0.3) is 0 Å². The molecule has 0 bridgehead atoms. The molecule has 0 spiro atoms. The van der Waals surface area contributed by atoms with Crippen molar-refractivity contribution in [2.24, 2.45) is 0 Å². The Bertz CT molecular complexity index is 624. The maximum atomic E-state index is 11.7. The van der Waals surface area contributed by atoms with Crippen molar-refractivity contribution in [3.63, 3.8) is 0 Å². The van der Waals surface area contributed by atoms with Gasteiger partial charge in [0.2, 0.25) is 5.76 Å². The van der Waals surface area contributed by atoms with Gasteiger partial charge in [0.15, 0.2) is 0 Å². The largest absolute Gasteiger partial charge is 0.497 e. The van der Waals surface area contributed by atoms with Gasteiger partial charge in [0.25, 0.3) is 5.91 Å². The van der Waals surface area contributed by atoms with Crippen molar-refractivity contribution in [3.8, 4) is 5.75 Å². The number of aliphatic hydroxyl groups is 1. The van der Waals surface area contributed by atoms with Crippen molar-refractivity contribution in [2.75, 3.05) is 20.3 Å². The molecule has 0 aliphatic rings. The zero-order valence-corrected chi connectivity index (χ0v) is 13.1. The van der Waals surface area contributed by atoms with Crippen LogP contribution in [0.1, 0.15) is 21.8 Å². The van der Waals surface area contributed by atoms with E-state index in [2.05, 4.69) is 10.5 Å². The molecule has 0 saturated heterocycles. The van der Waals surface area contributed by atoms with Crippen LogP contribution in [0.2, 0.25) is 0 Å². The third-order valence-corrected chi connectivity index (χ3v) is 3.09. The summed E-state index contributed by atoms with van der Waals surface area (Å²) < 4.78 is 15.3. The van der Waals surface area contributed by atoms with Crippen molar-refractivity contribution in [3.05, 3.63) is 47.3 Å². The van der Waals surface area contributed by atoms with Crippen LogP contribution in [0.3, 0.4) is 0 Å². The first kappa shape index (κ1) is 17.0. The van der Waals surface area contributed by atoms with Gasteiger partial charge in [0.1, 0.15) is 5.75 Å². The van der Waals surface area contributed by atoms with Gasteiger partial charge in [-0.15, -0.1) is 0 Å². The van der Waals surface area contributed by atoms with Gasteiger partial charge in [-0.2, -0.15) is 0 Å². The number of aromatic nitrogens is 1. The number of aryl methyl sites for hydroxylation is 1. The van der Waals surface area contributed by atoms with Crippen molar-refractivity contribution in [1.29, 1.82) is 0 Å². The molecular weight excluding hydrogens is 300 g/mol. The second-order valence-electron chi connectivity index (χ2n) is 5.06. The number of nitrogens with one attached hydrogen (secondary N) is 1. The van der Waals surface area contributed by atoms with Crippen LogP contribution >= 0.6 is 0 Å². The van der Waals surface area contributed by atoms with Crippen LogP contribution < -0.4 is 10.1 Å². The van der Waals surface area contributed by atoms with Crippen molar-refractivity contribution in [2.45, 2.75) is 19.6 Å². The number of benzene rings is 1. The Balaban J connectivity index is 1.66. The number of ether oxygens (including phenoxy) is 2. The third-order valence-electron chi connectivity index (χ3n) is 3.09. The second-order valence-corrected chi connectivity index (χ2v) is 5.06. The molecule has 0 radical (unpaired) electrons. The maximum absolute atomic E-state index is 11.7. The van der Waals surface area contributed by atoms with Crippen LogP contribution in [0.15, 0.2) is 34.9 Å². The first-order valence-corrected chi connectivity index (χ1v) is 7.18. The van der Waals surface area contributed by atoms with Gasteiger partial charge < -0.3 is 24.4 Å². The van der Waals surface area contributed by atoms with E-state index >= 15 is 0 Å². The number of methoxy groups -OCH3 is 1. The molecule has 2 aromatic rings. The number of carbonyl (C=O) groups is 1. The number of nitrogens with zero attached hydrogens (tertiary/aromatic N) is 1. The minimum Gasteiger partial charge on any atom is -0.497 e. The lowest BCUT2D eigenvalue weighted by Gasteiger charge is -2.12. The molecule has 2 rings (SSSR count). The number of aliphatic hydroxyl groups excluding tert-OH is 1. The van der Waals surface area contributed by atoms with Crippen molar-refractivity contribution < 1.29 is 23.9 Å². The first-order valence-electron chi connectivity index (χ1n) is 7.18. The zero-order chi connectivity index (χ0) is 16.7. The molecule has 7 heteroatoms. The Hall–Kier alpha value is -2.38. The van der Waals surface area contributed by atoms with E-state index < -0.39 is 12.0 Å². The minimum absolute atomic E-state index is 0.0706. The molecule has 0 aliphatic carbocycles. The lowest BCUT2D eigenvalue weighted by Crippen LogP contribution is -2.34. The highest BCUT2D eigenvalue weighted by molar-refractivity contribution is 5.91. The van der Waals surface area contributed by atoms with Crippen molar-refractivity contribution >= 4 is 5.91 Å². The molecule has 7 nitrogen and oxygen atoms in total. The van der Waals surface area contributed by atoms with Crippen LogP contribution in [-0.4, -0.2) is 42.5 Å². The highest BCUT2D eigenvalue weighted by Gasteiger charge is 2.13. The summed E-state index contributed by atoms with van der Waals surface area (Å²) in [5.74, 6) is 0.479. The highest BCUT2D eigenvalue weighted by Crippen LogP contribution is 2.12. The SMILES string of the molecule is COc1ccc(COC[C@H](O)CNC(=O)c2cc(C)no2)cc1. The summed E-state index contributed by atoms with van der Waals surface area (Å²) in [4.78, 5) is 11.7. The Morgan fingerprint density at radius 3 is 2.74 bits per heavy atom. The van der Waals surface area contributed by atoms with Gasteiger partial charge in [0.05, 0.1) is 32.1 Å². The molecule has 1 heterocycles. The van der Waals surface area contributed by atoms with Gasteiger partial charge >= 0.3 is 0 Å². The molecule has 0 unspecified atom stereocenters. The Labute approximate surface area is 134 Å². The van der Waals surface area contributed by atoms with Gasteiger partial charge in [0, 0.05) is 12.6 Å². The number of rotatable bonds is 8. The Morgan fingerprint density at radius 1 is 1.39 bits per heavy atom. The van der Waals surface area contributed by atoms with Gasteiger partial charge in [-0.25, -0.2) is 0 Å². The van der Waals surface area contributed by atoms with E-state index in [9.17, 15) is 9.90 Å². The molecule has 124 valence electrons. The normalized spacial score (nSPS) is 12.0. The van der Waals surface area contributed by atoms with Gasteiger partial charge in [-0.3, -0.25) is 4.79 Å². The zero-order valence-electron chi connectivity index (χ0n) is 13.1. The first-order chi connectivity index (χ1) is 11.1. The standard InChI is InChI=1S/C16H20N2O5/c1-11-7-15(23-18-11)16(20)17-8-13(19)10-22-9-12-3-5-14(21-2)6-4-12/h3-7,13,19H,8-10H2,1-2H3,(H,17,20)/t13-/m1/s1. The van der Waals surface area contributed by atoms with E-state index in [1.165, 1.54) is 6.07 Å². The smallest absolute Gasteiger partial charge is 0.289 e. The summed E-state index contributed by atoms with van der Waals surface area (Å²) in [5, 5.41) is 16.0. The summed E-state index contributed by atoms with van der Waals surface area (Å²) in [6.45, 7) is 2.28. The average Bonchev–Trinajstić information content (AvgIpc) is 3.00. The lowest BCUT2D eigenvalue weighted by molar-refractivity contribution is 0.0282. The third kappa shape index (κ3) is 5.39. The predicted molar refractivity (Wildman–Crippen MR) is 82.2 cm³/mol. The lowest BCUT2D eigenvalue weighted by atomic mass is 10.2.